The standard InChI is InChI=1S/C27H27N3O5/c31-21-9-6-17(7-10-21)14-23(27(33)34)29-26(32)18-8-11-24-22(15-18)28-25(19-12-13-35-16-19)30(24)20-4-2-1-3-5-20/h6-13,15-16,20,23,31H,1-5,14H2,(H,29,32)(H,33,34). The van der Waals surface area contributed by atoms with Crippen LogP contribution in [0.5, 0.6) is 5.75 Å². The van der Waals surface area contributed by atoms with Crippen molar-refractivity contribution in [1.29, 1.82) is 0 Å². The van der Waals surface area contributed by atoms with Gasteiger partial charge in [0.25, 0.3) is 5.91 Å². The smallest absolute Gasteiger partial charge is 0.326 e. The largest absolute Gasteiger partial charge is 0.508 e. The van der Waals surface area contributed by atoms with Gasteiger partial charge < -0.3 is 24.5 Å². The van der Waals surface area contributed by atoms with E-state index in [0.29, 0.717) is 22.7 Å². The highest BCUT2D eigenvalue weighted by Crippen LogP contribution is 2.36. The van der Waals surface area contributed by atoms with Crippen LogP contribution in [0.2, 0.25) is 0 Å². The summed E-state index contributed by atoms with van der Waals surface area (Å²) in [4.78, 5) is 29.7. The van der Waals surface area contributed by atoms with Gasteiger partial charge in [0, 0.05) is 18.0 Å². The molecule has 5 rings (SSSR count). The third-order valence-corrected chi connectivity index (χ3v) is 6.65. The van der Waals surface area contributed by atoms with Gasteiger partial charge in [-0.05, 0) is 54.8 Å². The van der Waals surface area contributed by atoms with Crippen molar-refractivity contribution in [3.05, 3.63) is 72.2 Å². The number of furan rings is 1. The molecule has 180 valence electrons. The van der Waals surface area contributed by atoms with Gasteiger partial charge in [-0.15, -0.1) is 0 Å². The van der Waals surface area contributed by atoms with Crippen molar-refractivity contribution >= 4 is 22.9 Å². The Kier molecular flexibility index (Phi) is 6.27. The lowest BCUT2D eigenvalue weighted by atomic mass is 9.95. The molecule has 1 unspecified atom stereocenters. The SMILES string of the molecule is O=C(NC(Cc1ccc(O)cc1)C(=O)O)c1ccc2c(c1)nc(-c1ccoc1)n2C1CCCCC1. The van der Waals surface area contributed by atoms with Crippen LogP contribution in [0.4, 0.5) is 0 Å². The summed E-state index contributed by atoms with van der Waals surface area (Å²) < 4.78 is 7.56. The summed E-state index contributed by atoms with van der Waals surface area (Å²) in [6, 6.07) is 12.7. The molecule has 8 nitrogen and oxygen atoms in total. The van der Waals surface area contributed by atoms with Gasteiger partial charge in [-0.2, -0.15) is 0 Å². The monoisotopic (exact) mass is 473 g/mol. The Morgan fingerprint density at radius 3 is 2.54 bits per heavy atom. The molecule has 0 aliphatic heterocycles. The fourth-order valence-corrected chi connectivity index (χ4v) is 4.85. The second-order valence-electron chi connectivity index (χ2n) is 9.05. The molecule has 8 heteroatoms. The maximum atomic E-state index is 13.0. The van der Waals surface area contributed by atoms with Crippen molar-refractivity contribution in [2.75, 3.05) is 0 Å². The van der Waals surface area contributed by atoms with E-state index in [9.17, 15) is 19.8 Å². The quantitative estimate of drug-likeness (QED) is 0.350. The van der Waals surface area contributed by atoms with Gasteiger partial charge in [-0.25, -0.2) is 9.78 Å². The van der Waals surface area contributed by atoms with Gasteiger partial charge in [0.2, 0.25) is 0 Å². The van der Waals surface area contributed by atoms with Crippen LogP contribution in [0, 0.1) is 0 Å². The summed E-state index contributed by atoms with van der Waals surface area (Å²) in [7, 11) is 0. The number of aliphatic carboxylic acids is 1. The topological polar surface area (TPSA) is 118 Å². The lowest BCUT2D eigenvalue weighted by Crippen LogP contribution is -2.42. The maximum Gasteiger partial charge on any atom is 0.326 e. The first-order chi connectivity index (χ1) is 17.0. The van der Waals surface area contributed by atoms with Gasteiger partial charge in [-0.3, -0.25) is 4.79 Å². The number of carboxylic acid groups (broad SMARTS) is 1. The normalized spacial score (nSPS) is 15.2. The fourth-order valence-electron chi connectivity index (χ4n) is 4.85. The number of aromatic hydroxyl groups is 1. The molecule has 0 bridgehead atoms. The number of phenolic OH excluding ortho intramolecular Hbond substituents is 1. The molecule has 0 radical (unpaired) electrons. The van der Waals surface area contributed by atoms with E-state index in [0.717, 1.165) is 29.7 Å². The summed E-state index contributed by atoms with van der Waals surface area (Å²) in [5, 5.41) is 21.7. The van der Waals surface area contributed by atoms with E-state index in [4.69, 9.17) is 9.40 Å². The highest BCUT2D eigenvalue weighted by atomic mass is 16.4. The molecular formula is C27H27N3O5. The van der Waals surface area contributed by atoms with Crippen LogP contribution in [0.15, 0.2) is 65.5 Å². The summed E-state index contributed by atoms with van der Waals surface area (Å²) in [6.07, 6.45) is 9.15. The third kappa shape index (κ3) is 4.77. The molecule has 0 spiro atoms. The Morgan fingerprint density at radius 2 is 1.86 bits per heavy atom. The maximum absolute atomic E-state index is 13.0. The minimum absolute atomic E-state index is 0.0976. The Labute approximate surface area is 202 Å². The minimum atomic E-state index is -1.13. The number of amides is 1. The number of phenols is 1. The van der Waals surface area contributed by atoms with Crippen LogP contribution in [-0.4, -0.2) is 37.7 Å². The number of nitrogens with zero attached hydrogens (tertiary/aromatic N) is 2. The van der Waals surface area contributed by atoms with Gasteiger partial charge in [0.15, 0.2) is 0 Å². The first kappa shape index (κ1) is 22.7. The number of carbonyl (C=O) groups excluding carboxylic acids is 1. The molecule has 2 aromatic carbocycles. The number of carboxylic acids is 1. The zero-order valence-electron chi connectivity index (χ0n) is 19.2. The molecule has 4 aromatic rings. The summed E-state index contributed by atoms with van der Waals surface area (Å²) in [5.41, 5.74) is 3.56. The number of benzene rings is 2. The number of hydrogen-bond acceptors (Lipinski definition) is 5. The molecule has 1 atom stereocenters. The first-order valence-corrected chi connectivity index (χ1v) is 11.9. The number of carbonyl (C=O) groups is 2. The first-order valence-electron chi connectivity index (χ1n) is 11.9. The Bertz CT molecular complexity index is 1340. The lowest BCUT2D eigenvalue weighted by Gasteiger charge is -2.25. The summed E-state index contributed by atoms with van der Waals surface area (Å²) in [5.74, 6) is -0.694. The van der Waals surface area contributed by atoms with E-state index in [1.165, 1.54) is 31.4 Å². The van der Waals surface area contributed by atoms with E-state index in [1.807, 2.05) is 12.1 Å². The molecule has 1 fully saturated rings. The zero-order valence-corrected chi connectivity index (χ0v) is 19.2. The average molecular weight is 474 g/mol. The molecular weight excluding hydrogens is 446 g/mol. The predicted molar refractivity (Wildman–Crippen MR) is 130 cm³/mol. The minimum Gasteiger partial charge on any atom is -0.508 e. The van der Waals surface area contributed by atoms with Gasteiger partial charge in [0.05, 0.1) is 22.9 Å². The molecule has 2 heterocycles. The second-order valence-corrected chi connectivity index (χ2v) is 9.05. The number of aromatic nitrogens is 2. The Balaban J connectivity index is 1.43. The number of fused-ring (bicyclic) bond motifs is 1. The van der Waals surface area contributed by atoms with Crippen molar-refractivity contribution in [2.24, 2.45) is 0 Å². The van der Waals surface area contributed by atoms with Crippen LogP contribution in [0.25, 0.3) is 22.4 Å². The van der Waals surface area contributed by atoms with E-state index >= 15 is 0 Å². The van der Waals surface area contributed by atoms with Crippen LogP contribution >= 0.6 is 0 Å². The molecule has 1 amide bonds. The van der Waals surface area contributed by atoms with E-state index in [2.05, 4.69) is 9.88 Å². The molecule has 1 aliphatic carbocycles. The average Bonchev–Trinajstić information content (AvgIpc) is 3.53. The number of imidazole rings is 1. The van der Waals surface area contributed by atoms with Crippen molar-refractivity contribution in [2.45, 2.75) is 50.6 Å². The highest BCUT2D eigenvalue weighted by molar-refractivity contribution is 5.99. The number of nitrogens with one attached hydrogen (secondary N) is 1. The van der Waals surface area contributed by atoms with Crippen LogP contribution in [-0.2, 0) is 11.2 Å². The summed E-state index contributed by atoms with van der Waals surface area (Å²) >= 11 is 0. The van der Waals surface area contributed by atoms with Crippen LogP contribution < -0.4 is 5.32 Å². The third-order valence-electron chi connectivity index (χ3n) is 6.65. The molecule has 35 heavy (non-hydrogen) atoms. The molecule has 3 N–H and O–H groups in total. The fraction of sp³-hybridized carbons (Fsp3) is 0.296. The predicted octanol–water partition coefficient (Wildman–Crippen LogP) is 4.93. The van der Waals surface area contributed by atoms with Crippen molar-refractivity contribution < 1.29 is 24.2 Å². The lowest BCUT2D eigenvalue weighted by molar-refractivity contribution is -0.139. The molecule has 2 aromatic heterocycles. The van der Waals surface area contributed by atoms with Crippen LogP contribution in [0.1, 0.15) is 54.1 Å². The highest BCUT2D eigenvalue weighted by Gasteiger charge is 2.25. The van der Waals surface area contributed by atoms with E-state index in [1.54, 1.807) is 36.8 Å². The Hall–Kier alpha value is -4.07. The van der Waals surface area contributed by atoms with Crippen molar-refractivity contribution in [1.82, 2.24) is 14.9 Å². The zero-order chi connectivity index (χ0) is 24.4. The number of rotatable bonds is 7. The van der Waals surface area contributed by atoms with E-state index < -0.39 is 17.9 Å². The van der Waals surface area contributed by atoms with Gasteiger partial charge in [0.1, 0.15) is 23.9 Å². The van der Waals surface area contributed by atoms with Crippen molar-refractivity contribution in [3.8, 4) is 17.1 Å². The van der Waals surface area contributed by atoms with Crippen LogP contribution in [0.3, 0.4) is 0 Å². The van der Waals surface area contributed by atoms with Crippen molar-refractivity contribution in [3.63, 3.8) is 0 Å². The molecule has 1 aliphatic rings. The Morgan fingerprint density at radius 1 is 1.09 bits per heavy atom. The van der Waals surface area contributed by atoms with Gasteiger partial charge in [-0.1, -0.05) is 31.4 Å². The second kappa shape index (κ2) is 9.66. The molecule has 0 saturated heterocycles. The molecule has 1 saturated carbocycles. The summed E-state index contributed by atoms with van der Waals surface area (Å²) in [6.45, 7) is 0. The van der Waals surface area contributed by atoms with Gasteiger partial charge >= 0.3 is 5.97 Å². The van der Waals surface area contributed by atoms with E-state index in [-0.39, 0.29) is 12.2 Å². The number of hydrogen-bond donors (Lipinski definition) is 3.